The Morgan fingerprint density at radius 1 is 1.22 bits per heavy atom. The number of hydrogen-bond donors (Lipinski definition) is 1. The summed E-state index contributed by atoms with van der Waals surface area (Å²) >= 11 is 0. The number of hydrogen-bond acceptors (Lipinski definition) is 3. The summed E-state index contributed by atoms with van der Waals surface area (Å²) < 4.78 is 0. The highest BCUT2D eigenvalue weighted by Gasteiger charge is 2.38. The molecule has 3 nitrogen and oxygen atoms in total. The molecule has 2 fully saturated rings. The van der Waals surface area contributed by atoms with Crippen LogP contribution in [0.15, 0.2) is 0 Å². The monoisotopic (exact) mass is 258 g/mol. The Hall–Kier alpha value is -0.410. The molecule has 1 unspecified atom stereocenters. The van der Waals surface area contributed by atoms with Crippen molar-refractivity contribution in [2.45, 2.75) is 53.9 Å². The highest BCUT2D eigenvalue weighted by molar-refractivity contribution is 5.48. The molecule has 0 saturated carbocycles. The van der Waals surface area contributed by atoms with Gasteiger partial charge >= 0.3 is 0 Å². The zero-order valence-corrected chi connectivity index (χ0v) is 13.4. The SMILES string of the molecule is CC.CC.CCC=O.CN1CCC2(CCNC2)C1. The van der Waals surface area contributed by atoms with Gasteiger partial charge in [-0.05, 0) is 38.4 Å². The standard InChI is InChI=1S/C8H16N2.C3H6O.2C2H6/c1-10-5-3-8(7-10)2-4-9-6-8;1-2-3-4;2*1-2/h9H,2-7H2,1H3;3H,2H2,1H3;2*1-2H3. The third-order valence-corrected chi connectivity index (χ3v) is 3.13. The summed E-state index contributed by atoms with van der Waals surface area (Å²) in [6.45, 7) is 14.9. The minimum atomic E-state index is 0.639. The lowest BCUT2D eigenvalue weighted by atomic mass is 9.87. The normalized spacial score (nSPS) is 25.2. The molecule has 0 radical (unpaired) electrons. The van der Waals surface area contributed by atoms with Crippen LogP contribution >= 0.6 is 0 Å². The molecule has 2 aliphatic rings. The second-order valence-electron chi connectivity index (χ2n) is 4.49. The second-order valence-corrected chi connectivity index (χ2v) is 4.49. The van der Waals surface area contributed by atoms with Crippen LogP contribution in [-0.2, 0) is 4.79 Å². The summed E-state index contributed by atoms with van der Waals surface area (Å²) in [5.74, 6) is 0. The van der Waals surface area contributed by atoms with Crippen LogP contribution in [-0.4, -0.2) is 44.4 Å². The number of aldehydes is 1. The molecule has 1 spiro atoms. The smallest absolute Gasteiger partial charge is 0.119 e. The zero-order chi connectivity index (χ0) is 14.4. The minimum absolute atomic E-state index is 0.639. The Balaban J connectivity index is 0. The average molecular weight is 258 g/mol. The quantitative estimate of drug-likeness (QED) is 0.734. The Kier molecular flexibility index (Phi) is 14.4. The maximum atomic E-state index is 9.17. The van der Waals surface area contributed by atoms with Crippen LogP contribution < -0.4 is 5.32 Å². The van der Waals surface area contributed by atoms with Gasteiger partial charge in [0.1, 0.15) is 6.29 Å². The molecule has 0 bridgehead atoms. The third-order valence-electron chi connectivity index (χ3n) is 3.13. The van der Waals surface area contributed by atoms with E-state index >= 15 is 0 Å². The van der Waals surface area contributed by atoms with E-state index < -0.39 is 0 Å². The molecule has 2 heterocycles. The fourth-order valence-corrected chi connectivity index (χ4v) is 2.30. The maximum absolute atomic E-state index is 9.17. The number of nitrogens with one attached hydrogen (secondary N) is 1. The first-order valence-corrected chi connectivity index (χ1v) is 7.55. The molecular weight excluding hydrogens is 224 g/mol. The highest BCUT2D eigenvalue weighted by atomic mass is 16.1. The van der Waals surface area contributed by atoms with E-state index in [2.05, 4.69) is 17.3 Å². The first kappa shape index (κ1) is 19.9. The Labute approximate surface area is 114 Å². The second kappa shape index (κ2) is 13.0. The molecular formula is C15H34N2O. The van der Waals surface area contributed by atoms with Gasteiger partial charge in [-0.25, -0.2) is 0 Å². The van der Waals surface area contributed by atoms with Gasteiger partial charge in [0.2, 0.25) is 0 Å². The van der Waals surface area contributed by atoms with E-state index in [0.29, 0.717) is 11.8 Å². The van der Waals surface area contributed by atoms with Crippen LogP contribution in [0.4, 0.5) is 0 Å². The van der Waals surface area contributed by atoms with Crippen molar-refractivity contribution in [1.29, 1.82) is 0 Å². The van der Waals surface area contributed by atoms with Gasteiger partial charge in [-0.2, -0.15) is 0 Å². The van der Waals surface area contributed by atoms with Crippen molar-refractivity contribution in [2.75, 3.05) is 33.2 Å². The van der Waals surface area contributed by atoms with Crippen molar-refractivity contribution in [3.63, 3.8) is 0 Å². The summed E-state index contributed by atoms with van der Waals surface area (Å²) in [5, 5.41) is 3.45. The van der Waals surface area contributed by atoms with Crippen LogP contribution in [0.3, 0.4) is 0 Å². The van der Waals surface area contributed by atoms with E-state index in [9.17, 15) is 4.79 Å². The van der Waals surface area contributed by atoms with Gasteiger partial charge in [-0.3, -0.25) is 0 Å². The number of nitrogens with zero attached hydrogens (tertiary/aromatic N) is 1. The van der Waals surface area contributed by atoms with Crippen molar-refractivity contribution in [3.05, 3.63) is 0 Å². The summed E-state index contributed by atoms with van der Waals surface area (Å²) in [4.78, 5) is 11.6. The fraction of sp³-hybridized carbons (Fsp3) is 0.933. The van der Waals surface area contributed by atoms with Crippen LogP contribution in [0, 0.1) is 5.41 Å². The van der Waals surface area contributed by atoms with E-state index in [4.69, 9.17) is 0 Å². The molecule has 0 aromatic carbocycles. The van der Waals surface area contributed by atoms with Gasteiger partial charge in [0, 0.05) is 19.5 Å². The predicted octanol–water partition coefficient (Wildman–Crippen LogP) is 2.95. The first-order valence-electron chi connectivity index (χ1n) is 7.55. The lowest BCUT2D eigenvalue weighted by molar-refractivity contribution is -0.107. The summed E-state index contributed by atoms with van der Waals surface area (Å²) in [6.07, 6.45) is 4.33. The van der Waals surface area contributed by atoms with Gasteiger partial charge in [0.15, 0.2) is 0 Å². The average Bonchev–Trinajstić information content (AvgIpc) is 3.05. The Morgan fingerprint density at radius 2 is 1.78 bits per heavy atom. The van der Waals surface area contributed by atoms with Crippen LogP contribution in [0.2, 0.25) is 0 Å². The summed E-state index contributed by atoms with van der Waals surface area (Å²) in [6, 6.07) is 0. The zero-order valence-electron chi connectivity index (χ0n) is 13.4. The molecule has 2 saturated heterocycles. The number of carbonyl (C=O) groups excluding carboxylic acids is 1. The lowest BCUT2D eigenvalue weighted by Crippen LogP contribution is -2.27. The van der Waals surface area contributed by atoms with Gasteiger partial charge in [0.05, 0.1) is 0 Å². The Bertz CT molecular complexity index is 177. The maximum Gasteiger partial charge on any atom is 0.119 e. The molecule has 2 rings (SSSR count). The fourth-order valence-electron chi connectivity index (χ4n) is 2.30. The molecule has 1 atom stereocenters. The van der Waals surface area contributed by atoms with Crippen LogP contribution in [0.5, 0.6) is 0 Å². The molecule has 2 aliphatic heterocycles. The van der Waals surface area contributed by atoms with Crippen molar-refractivity contribution in [3.8, 4) is 0 Å². The molecule has 0 aromatic heterocycles. The van der Waals surface area contributed by atoms with E-state index in [-0.39, 0.29) is 0 Å². The number of likely N-dealkylation sites (tertiary alicyclic amines) is 1. The van der Waals surface area contributed by atoms with Gasteiger partial charge in [-0.1, -0.05) is 34.6 Å². The van der Waals surface area contributed by atoms with E-state index in [1.807, 2.05) is 34.6 Å². The molecule has 18 heavy (non-hydrogen) atoms. The molecule has 0 amide bonds. The summed E-state index contributed by atoms with van der Waals surface area (Å²) in [7, 11) is 2.23. The highest BCUT2D eigenvalue weighted by Crippen LogP contribution is 2.34. The predicted molar refractivity (Wildman–Crippen MR) is 81.1 cm³/mol. The number of carbonyl (C=O) groups is 1. The third kappa shape index (κ3) is 7.83. The van der Waals surface area contributed by atoms with Gasteiger partial charge < -0.3 is 15.0 Å². The minimum Gasteiger partial charge on any atom is -0.316 e. The van der Waals surface area contributed by atoms with E-state index in [1.54, 1.807) is 0 Å². The summed E-state index contributed by atoms with van der Waals surface area (Å²) in [5.41, 5.74) is 0.675. The van der Waals surface area contributed by atoms with Gasteiger partial charge in [0.25, 0.3) is 0 Å². The lowest BCUT2D eigenvalue weighted by Gasteiger charge is -2.20. The van der Waals surface area contributed by atoms with Gasteiger partial charge in [-0.15, -0.1) is 0 Å². The topological polar surface area (TPSA) is 32.3 Å². The van der Waals surface area contributed by atoms with Crippen molar-refractivity contribution < 1.29 is 4.79 Å². The number of rotatable bonds is 1. The van der Waals surface area contributed by atoms with E-state index in [1.165, 1.54) is 39.0 Å². The van der Waals surface area contributed by atoms with Crippen LogP contribution in [0.1, 0.15) is 53.9 Å². The molecule has 3 heteroatoms. The molecule has 110 valence electrons. The van der Waals surface area contributed by atoms with Crippen molar-refractivity contribution >= 4 is 6.29 Å². The first-order chi connectivity index (χ1) is 8.72. The van der Waals surface area contributed by atoms with E-state index in [0.717, 1.165) is 6.29 Å². The largest absolute Gasteiger partial charge is 0.316 e. The Morgan fingerprint density at radius 3 is 2.06 bits per heavy atom. The van der Waals surface area contributed by atoms with Crippen molar-refractivity contribution in [2.24, 2.45) is 5.41 Å². The molecule has 1 N–H and O–H groups in total. The molecule has 0 aliphatic carbocycles. The van der Waals surface area contributed by atoms with Crippen LogP contribution in [0.25, 0.3) is 0 Å². The van der Waals surface area contributed by atoms with Crippen molar-refractivity contribution in [1.82, 2.24) is 10.2 Å². The molecule has 0 aromatic rings.